The van der Waals surface area contributed by atoms with Crippen LogP contribution in [0.3, 0.4) is 0 Å². The highest BCUT2D eigenvalue weighted by Crippen LogP contribution is 2.31. The fraction of sp³-hybridized carbons (Fsp3) is 1.00. The number of nitrogens with zero attached hydrogens (tertiary/aromatic N) is 2. The topological polar surface area (TPSA) is 6.48 Å². The zero-order valence-electron chi connectivity index (χ0n) is 13.0. The van der Waals surface area contributed by atoms with Gasteiger partial charge in [-0.05, 0) is 37.6 Å². The van der Waals surface area contributed by atoms with Crippen LogP contribution in [0.4, 0.5) is 0 Å². The molecule has 18 heavy (non-hydrogen) atoms. The van der Waals surface area contributed by atoms with Crippen LogP contribution in [0.5, 0.6) is 0 Å². The average Bonchev–Trinajstić information content (AvgIpc) is 2.75. The molecule has 2 aliphatic heterocycles. The molecule has 0 N–H and O–H groups in total. The fourth-order valence-corrected chi connectivity index (χ4v) is 4.13. The normalized spacial score (nSPS) is 32.2. The summed E-state index contributed by atoms with van der Waals surface area (Å²) < 4.78 is 0. The van der Waals surface area contributed by atoms with Crippen molar-refractivity contribution in [2.45, 2.75) is 72.0 Å². The lowest BCUT2D eigenvalue weighted by Gasteiger charge is -2.50. The van der Waals surface area contributed by atoms with Crippen LogP contribution >= 0.6 is 0 Å². The Bertz CT molecular complexity index is 262. The van der Waals surface area contributed by atoms with Gasteiger partial charge in [0.15, 0.2) is 0 Å². The molecule has 2 heterocycles. The fourth-order valence-electron chi connectivity index (χ4n) is 4.13. The van der Waals surface area contributed by atoms with E-state index in [2.05, 4.69) is 44.4 Å². The van der Waals surface area contributed by atoms with E-state index in [4.69, 9.17) is 0 Å². The van der Waals surface area contributed by atoms with Crippen molar-refractivity contribution in [2.24, 2.45) is 11.8 Å². The van der Waals surface area contributed by atoms with Crippen molar-refractivity contribution in [1.29, 1.82) is 0 Å². The summed E-state index contributed by atoms with van der Waals surface area (Å²) in [5.74, 6) is 1.56. The summed E-state index contributed by atoms with van der Waals surface area (Å²) in [6.07, 6.45) is 4.14. The predicted molar refractivity (Wildman–Crippen MR) is 78.8 cm³/mol. The molecular formula is C16H32N2. The molecule has 0 bridgehead atoms. The summed E-state index contributed by atoms with van der Waals surface area (Å²) in [4.78, 5) is 5.62. The molecule has 0 aromatic carbocycles. The second kappa shape index (κ2) is 5.92. The zero-order chi connectivity index (χ0) is 13.3. The molecule has 3 unspecified atom stereocenters. The van der Waals surface area contributed by atoms with E-state index >= 15 is 0 Å². The molecule has 0 amide bonds. The van der Waals surface area contributed by atoms with Crippen molar-refractivity contribution in [1.82, 2.24) is 9.80 Å². The molecular weight excluding hydrogens is 220 g/mol. The van der Waals surface area contributed by atoms with Crippen molar-refractivity contribution in [3.05, 3.63) is 0 Å². The maximum absolute atomic E-state index is 2.86. The van der Waals surface area contributed by atoms with E-state index in [1.165, 1.54) is 38.9 Å². The van der Waals surface area contributed by atoms with Crippen LogP contribution in [-0.4, -0.2) is 47.6 Å². The molecule has 0 spiro atoms. The summed E-state index contributed by atoms with van der Waals surface area (Å²) in [6.45, 7) is 15.9. The third kappa shape index (κ3) is 2.75. The lowest BCUT2D eigenvalue weighted by Crippen LogP contribution is -2.61. The average molecular weight is 252 g/mol. The minimum Gasteiger partial charge on any atom is -0.298 e. The largest absolute Gasteiger partial charge is 0.298 e. The van der Waals surface area contributed by atoms with Gasteiger partial charge < -0.3 is 0 Å². The molecule has 2 heteroatoms. The van der Waals surface area contributed by atoms with Gasteiger partial charge in [-0.2, -0.15) is 0 Å². The minimum atomic E-state index is 0.770. The van der Waals surface area contributed by atoms with Gasteiger partial charge in [0.2, 0.25) is 0 Å². The van der Waals surface area contributed by atoms with Gasteiger partial charge in [-0.15, -0.1) is 0 Å². The highest BCUT2D eigenvalue weighted by molar-refractivity contribution is 4.96. The first kappa shape index (κ1) is 14.3. The summed E-state index contributed by atoms with van der Waals surface area (Å²) in [6, 6.07) is 2.40. The van der Waals surface area contributed by atoms with Crippen LogP contribution < -0.4 is 0 Å². The van der Waals surface area contributed by atoms with E-state index in [0.717, 1.165) is 30.0 Å². The van der Waals surface area contributed by atoms with Gasteiger partial charge in [0.25, 0.3) is 0 Å². The number of fused-ring (bicyclic) bond motifs is 1. The Kier molecular flexibility index (Phi) is 4.71. The first-order chi connectivity index (χ1) is 8.54. The van der Waals surface area contributed by atoms with E-state index in [1.54, 1.807) is 0 Å². The Hall–Kier alpha value is -0.0800. The summed E-state index contributed by atoms with van der Waals surface area (Å²) in [7, 11) is 0. The van der Waals surface area contributed by atoms with Crippen LogP contribution in [0, 0.1) is 11.8 Å². The van der Waals surface area contributed by atoms with E-state index in [0.29, 0.717) is 0 Å². The standard InChI is InChI=1S/C16H32N2/c1-6-15(12(2)3)18-10-14-8-7-9-17(14)11-16(18)13(4)5/h12-16H,6-11H2,1-5H3. The van der Waals surface area contributed by atoms with Gasteiger partial charge in [-0.3, -0.25) is 9.80 Å². The van der Waals surface area contributed by atoms with Crippen LogP contribution in [0.2, 0.25) is 0 Å². The highest BCUT2D eigenvalue weighted by atomic mass is 15.3. The van der Waals surface area contributed by atoms with Crippen molar-refractivity contribution >= 4 is 0 Å². The first-order valence-corrected chi connectivity index (χ1v) is 8.04. The molecule has 2 rings (SSSR count). The van der Waals surface area contributed by atoms with Crippen molar-refractivity contribution in [3.8, 4) is 0 Å². The molecule has 2 aliphatic rings. The molecule has 2 nitrogen and oxygen atoms in total. The van der Waals surface area contributed by atoms with Crippen molar-refractivity contribution in [3.63, 3.8) is 0 Å². The molecule has 0 aromatic heterocycles. The van der Waals surface area contributed by atoms with Gasteiger partial charge in [-0.1, -0.05) is 34.6 Å². The predicted octanol–water partition coefficient (Wildman–Crippen LogP) is 3.23. The van der Waals surface area contributed by atoms with Crippen molar-refractivity contribution < 1.29 is 0 Å². The van der Waals surface area contributed by atoms with Crippen molar-refractivity contribution in [2.75, 3.05) is 19.6 Å². The van der Waals surface area contributed by atoms with Crippen LogP contribution in [-0.2, 0) is 0 Å². The first-order valence-electron chi connectivity index (χ1n) is 8.04. The molecule has 3 atom stereocenters. The third-order valence-electron chi connectivity index (χ3n) is 5.15. The molecule has 0 saturated carbocycles. The number of hydrogen-bond acceptors (Lipinski definition) is 2. The Labute approximate surface area is 114 Å². The van der Waals surface area contributed by atoms with E-state index < -0.39 is 0 Å². The second-order valence-corrected chi connectivity index (χ2v) is 7.02. The molecule has 2 fully saturated rings. The maximum atomic E-state index is 2.86. The summed E-state index contributed by atoms with van der Waals surface area (Å²) in [5.41, 5.74) is 0. The highest BCUT2D eigenvalue weighted by Gasteiger charge is 2.40. The van der Waals surface area contributed by atoms with E-state index in [1.807, 2.05) is 0 Å². The lowest BCUT2D eigenvalue weighted by molar-refractivity contribution is -0.0140. The molecule has 2 saturated heterocycles. The van der Waals surface area contributed by atoms with Crippen LogP contribution in [0.1, 0.15) is 53.9 Å². The number of rotatable bonds is 4. The minimum absolute atomic E-state index is 0.770. The van der Waals surface area contributed by atoms with E-state index in [9.17, 15) is 0 Å². The Morgan fingerprint density at radius 2 is 1.83 bits per heavy atom. The number of piperazine rings is 1. The Balaban J connectivity index is 2.13. The second-order valence-electron chi connectivity index (χ2n) is 7.02. The monoisotopic (exact) mass is 252 g/mol. The van der Waals surface area contributed by atoms with Gasteiger partial charge in [0.05, 0.1) is 0 Å². The molecule has 106 valence electrons. The quantitative estimate of drug-likeness (QED) is 0.758. The number of hydrogen-bond donors (Lipinski definition) is 0. The van der Waals surface area contributed by atoms with Gasteiger partial charge >= 0.3 is 0 Å². The molecule has 0 radical (unpaired) electrons. The van der Waals surface area contributed by atoms with Gasteiger partial charge in [0, 0.05) is 31.2 Å². The SMILES string of the molecule is CCC(C(C)C)N1CC2CCCN2CC1C(C)C. The molecule has 0 aliphatic carbocycles. The smallest absolute Gasteiger partial charge is 0.0249 e. The summed E-state index contributed by atoms with van der Waals surface area (Å²) in [5, 5.41) is 0. The van der Waals surface area contributed by atoms with Crippen LogP contribution in [0.15, 0.2) is 0 Å². The summed E-state index contributed by atoms with van der Waals surface area (Å²) >= 11 is 0. The zero-order valence-corrected chi connectivity index (χ0v) is 13.0. The Morgan fingerprint density at radius 3 is 2.39 bits per heavy atom. The van der Waals surface area contributed by atoms with E-state index in [-0.39, 0.29) is 0 Å². The van der Waals surface area contributed by atoms with Gasteiger partial charge in [-0.25, -0.2) is 0 Å². The maximum Gasteiger partial charge on any atom is 0.0249 e. The van der Waals surface area contributed by atoms with Crippen LogP contribution in [0.25, 0.3) is 0 Å². The van der Waals surface area contributed by atoms with Gasteiger partial charge in [0.1, 0.15) is 0 Å². The Morgan fingerprint density at radius 1 is 1.11 bits per heavy atom. The molecule has 0 aromatic rings. The third-order valence-corrected chi connectivity index (χ3v) is 5.15. The lowest BCUT2D eigenvalue weighted by atomic mass is 9.90.